The molecule has 0 heterocycles. The zero-order chi connectivity index (χ0) is 15.2. The molecule has 1 amide bonds. The van der Waals surface area contributed by atoms with Crippen molar-refractivity contribution >= 4 is 23.2 Å². The fourth-order valence-corrected chi connectivity index (χ4v) is 2.02. The number of benzene rings is 2. The SMILES string of the molecule is Cc1ccc(Cl)cc1NC(=O)c1ccccc1C#CCO. The molecule has 2 N–H and O–H groups in total. The molecule has 106 valence electrons. The van der Waals surface area contributed by atoms with Crippen molar-refractivity contribution < 1.29 is 9.90 Å². The maximum absolute atomic E-state index is 12.4. The molecule has 4 heteroatoms. The van der Waals surface area contributed by atoms with E-state index in [-0.39, 0.29) is 12.5 Å². The average molecular weight is 300 g/mol. The zero-order valence-corrected chi connectivity index (χ0v) is 12.2. The Morgan fingerprint density at radius 2 is 2.05 bits per heavy atom. The summed E-state index contributed by atoms with van der Waals surface area (Å²) in [4.78, 5) is 12.4. The summed E-state index contributed by atoms with van der Waals surface area (Å²) in [7, 11) is 0. The molecule has 21 heavy (non-hydrogen) atoms. The number of hydrogen-bond donors (Lipinski definition) is 2. The summed E-state index contributed by atoms with van der Waals surface area (Å²) in [5, 5.41) is 12.2. The van der Waals surface area contributed by atoms with Crippen LogP contribution in [0.15, 0.2) is 42.5 Å². The van der Waals surface area contributed by atoms with E-state index in [0.717, 1.165) is 5.56 Å². The van der Waals surface area contributed by atoms with E-state index in [2.05, 4.69) is 17.2 Å². The van der Waals surface area contributed by atoms with Gasteiger partial charge in [0.05, 0.1) is 5.56 Å². The van der Waals surface area contributed by atoms with E-state index in [1.54, 1.807) is 36.4 Å². The largest absolute Gasteiger partial charge is 0.384 e. The monoisotopic (exact) mass is 299 g/mol. The van der Waals surface area contributed by atoms with Gasteiger partial charge in [0.1, 0.15) is 6.61 Å². The fraction of sp³-hybridized carbons (Fsp3) is 0.118. The third kappa shape index (κ3) is 3.85. The van der Waals surface area contributed by atoms with Crippen molar-refractivity contribution in [1.29, 1.82) is 0 Å². The normalized spacial score (nSPS) is 9.67. The highest BCUT2D eigenvalue weighted by Gasteiger charge is 2.11. The molecule has 3 nitrogen and oxygen atoms in total. The van der Waals surface area contributed by atoms with Crippen LogP contribution in [0.25, 0.3) is 0 Å². The molecule has 0 fully saturated rings. The second-order valence-corrected chi connectivity index (χ2v) is 4.86. The molecule has 2 aromatic rings. The van der Waals surface area contributed by atoms with E-state index in [1.807, 2.05) is 13.0 Å². The third-order valence-electron chi connectivity index (χ3n) is 2.92. The quantitative estimate of drug-likeness (QED) is 0.836. The first kappa shape index (κ1) is 15.1. The highest BCUT2D eigenvalue weighted by Crippen LogP contribution is 2.21. The number of hydrogen-bond acceptors (Lipinski definition) is 2. The van der Waals surface area contributed by atoms with E-state index in [9.17, 15) is 4.79 Å². The molecular weight excluding hydrogens is 286 g/mol. The Morgan fingerprint density at radius 3 is 2.81 bits per heavy atom. The molecule has 2 aromatic carbocycles. The molecule has 0 spiro atoms. The minimum Gasteiger partial charge on any atom is -0.384 e. The van der Waals surface area contributed by atoms with Gasteiger partial charge in [-0.3, -0.25) is 4.79 Å². The van der Waals surface area contributed by atoms with Gasteiger partial charge < -0.3 is 10.4 Å². The Bertz CT molecular complexity index is 729. The molecule has 0 radical (unpaired) electrons. The standard InChI is InChI=1S/C17H14ClNO2/c1-12-8-9-14(18)11-16(12)19-17(21)15-7-3-2-5-13(15)6-4-10-20/h2-3,5,7-9,11,20H,10H2,1H3,(H,19,21). The molecule has 0 aromatic heterocycles. The Morgan fingerprint density at radius 1 is 1.29 bits per heavy atom. The summed E-state index contributed by atoms with van der Waals surface area (Å²) < 4.78 is 0. The Kier molecular flexibility index (Phi) is 4.99. The summed E-state index contributed by atoms with van der Waals surface area (Å²) in [6.07, 6.45) is 0. The van der Waals surface area contributed by atoms with Crippen LogP contribution in [0, 0.1) is 18.8 Å². The van der Waals surface area contributed by atoms with Crippen molar-refractivity contribution in [3.8, 4) is 11.8 Å². The summed E-state index contributed by atoms with van der Waals surface area (Å²) >= 11 is 5.94. The van der Waals surface area contributed by atoms with Crippen LogP contribution in [0.4, 0.5) is 5.69 Å². The van der Waals surface area contributed by atoms with E-state index in [1.165, 1.54) is 0 Å². The summed E-state index contributed by atoms with van der Waals surface area (Å²) in [6.45, 7) is 1.65. The van der Waals surface area contributed by atoms with E-state index in [4.69, 9.17) is 16.7 Å². The lowest BCUT2D eigenvalue weighted by Crippen LogP contribution is -2.14. The second kappa shape index (κ2) is 6.94. The maximum atomic E-state index is 12.4. The molecule has 0 bridgehead atoms. The van der Waals surface area contributed by atoms with Crippen molar-refractivity contribution in [2.75, 3.05) is 11.9 Å². The van der Waals surface area contributed by atoms with Gasteiger partial charge in [0.2, 0.25) is 0 Å². The predicted molar refractivity (Wildman–Crippen MR) is 84.5 cm³/mol. The van der Waals surface area contributed by atoms with Gasteiger partial charge in [-0.1, -0.05) is 41.6 Å². The first-order valence-electron chi connectivity index (χ1n) is 6.38. The summed E-state index contributed by atoms with van der Waals surface area (Å²) in [5.41, 5.74) is 2.62. The minimum atomic E-state index is -0.261. The van der Waals surface area contributed by atoms with Crippen LogP contribution < -0.4 is 5.32 Å². The number of aryl methyl sites for hydroxylation is 1. The topological polar surface area (TPSA) is 49.3 Å². The molecule has 0 saturated heterocycles. The average Bonchev–Trinajstić information content (AvgIpc) is 2.49. The maximum Gasteiger partial charge on any atom is 0.256 e. The number of anilines is 1. The Hall–Kier alpha value is -2.28. The van der Waals surface area contributed by atoms with Crippen molar-refractivity contribution in [2.45, 2.75) is 6.92 Å². The van der Waals surface area contributed by atoms with Gasteiger partial charge in [-0.05, 0) is 36.8 Å². The number of carbonyl (C=O) groups is 1. The van der Waals surface area contributed by atoms with E-state index >= 15 is 0 Å². The number of nitrogens with one attached hydrogen (secondary N) is 1. The molecule has 0 aliphatic rings. The van der Waals surface area contributed by atoms with Crippen LogP contribution >= 0.6 is 11.6 Å². The molecule has 2 rings (SSSR count). The number of aliphatic hydroxyl groups excluding tert-OH is 1. The molecule has 0 aliphatic carbocycles. The number of rotatable bonds is 2. The lowest BCUT2D eigenvalue weighted by molar-refractivity contribution is 0.102. The smallest absolute Gasteiger partial charge is 0.256 e. The molecule has 0 unspecified atom stereocenters. The van der Waals surface area contributed by atoms with Gasteiger partial charge in [-0.2, -0.15) is 0 Å². The number of carbonyl (C=O) groups excluding carboxylic acids is 1. The number of aliphatic hydroxyl groups is 1. The molecular formula is C17H14ClNO2. The van der Waals surface area contributed by atoms with E-state index < -0.39 is 0 Å². The van der Waals surface area contributed by atoms with Crippen LogP contribution in [0.3, 0.4) is 0 Å². The van der Waals surface area contributed by atoms with Crippen LogP contribution in [-0.2, 0) is 0 Å². The van der Waals surface area contributed by atoms with Crippen molar-refractivity contribution in [2.24, 2.45) is 0 Å². The molecule has 0 aliphatic heterocycles. The predicted octanol–water partition coefficient (Wildman–Crippen LogP) is 3.24. The lowest BCUT2D eigenvalue weighted by Gasteiger charge is -2.10. The molecule has 0 atom stereocenters. The highest BCUT2D eigenvalue weighted by molar-refractivity contribution is 6.31. The minimum absolute atomic E-state index is 0.247. The summed E-state index contributed by atoms with van der Waals surface area (Å²) in [5.74, 6) is 5.06. The van der Waals surface area contributed by atoms with Gasteiger partial charge in [-0.25, -0.2) is 0 Å². The van der Waals surface area contributed by atoms with Crippen molar-refractivity contribution in [3.63, 3.8) is 0 Å². The van der Waals surface area contributed by atoms with Gasteiger partial charge in [0.15, 0.2) is 0 Å². The van der Waals surface area contributed by atoms with Gasteiger partial charge >= 0.3 is 0 Å². The first-order valence-corrected chi connectivity index (χ1v) is 6.76. The zero-order valence-electron chi connectivity index (χ0n) is 11.5. The van der Waals surface area contributed by atoms with E-state index in [0.29, 0.717) is 21.8 Å². The van der Waals surface area contributed by atoms with Crippen LogP contribution in [0.5, 0.6) is 0 Å². The van der Waals surface area contributed by atoms with Crippen LogP contribution in [0.1, 0.15) is 21.5 Å². The van der Waals surface area contributed by atoms with Gasteiger partial charge in [-0.15, -0.1) is 0 Å². The number of halogens is 1. The van der Waals surface area contributed by atoms with Crippen molar-refractivity contribution in [1.82, 2.24) is 0 Å². The van der Waals surface area contributed by atoms with Crippen LogP contribution in [0.2, 0.25) is 5.02 Å². The van der Waals surface area contributed by atoms with Crippen molar-refractivity contribution in [3.05, 3.63) is 64.2 Å². The fourth-order valence-electron chi connectivity index (χ4n) is 1.84. The number of amides is 1. The third-order valence-corrected chi connectivity index (χ3v) is 3.16. The lowest BCUT2D eigenvalue weighted by atomic mass is 10.1. The first-order chi connectivity index (χ1) is 10.1. The van der Waals surface area contributed by atoms with Gasteiger partial charge in [0.25, 0.3) is 5.91 Å². The second-order valence-electron chi connectivity index (χ2n) is 4.42. The summed E-state index contributed by atoms with van der Waals surface area (Å²) in [6, 6.07) is 12.3. The Balaban J connectivity index is 2.31. The molecule has 0 saturated carbocycles. The van der Waals surface area contributed by atoms with Gasteiger partial charge in [0, 0.05) is 16.3 Å². The van der Waals surface area contributed by atoms with Crippen LogP contribution in [-0.4, -0.2) is 17.6 Å². The Labute approximate surface area is 128 Å². The highest BCUT2D eigenvalue weighted by atomic mass is 35.5.